The average Bonchev–Trinajstić information content (AvgIpc) is 2.61. The van der Waals surface area contributed by atoms with Gasteiger partial charge in [-0.3, -0.25) is 4.79 Å². The Balaban J connectivity index is 2.14. The number of hydrogen-bond donors (Lipinski definition) is 2. The van der Waals surface area contributed by atoms with Gasteiger partial charge in [-0.2, -0.15) is 0 Å². The highest BCUT2D eigenvalue weighted by Gasteiger charge is 2.40. The van der Waals surface area contributed by atoms with E-state index in [-0.39, 0.29) is 12.1 Å². The first-order valence-corrected chi connectivity index (χ1v) is 10.7. The van der Waals surface area contributed by atoms with E-state index in [4.69, 9.17) is 0 Å². The zero-order valence-electron chi connectivity index (χ0n) is 15.8. The smallest absolute Gasteiger partial charge is 0.228 e. The van der Waals surface area contributed by atoms with E-state index in [0.717, 1.165) is 5.56 Å². The highest BCUT2D eigenvalue weighted by Crippen LogP contribution is 2.56. The van der Waals surface area contributed by atoms with Gasteiger partial charge in [0.15, 0.2) is 0 Å². The van der Waals surface area contributed by atoms with Crippen LogP contribution in [0.25, 0.3) is 0 Å². The van der Waals surface area contributed by atoms with Crippen LogP contribution in [-0.4, -0.2) is 28.4 Å². The van der Waals surface area contributed by atoms with Crippen molar-refractivity contribution in [1.29, 1.82) is 0 Å². The van der Waals surface area contributed by atoms with Gasteiger partial charge in [-0.25, -0.2) is 0 Å². The Morgan fingerprint density at radius 1 is 1.04 bits per heavy atom. The van der Waals surface area contributed by atoms with Crippen molar-refractivity contribution in [3.8, 4) is 0 Å². The fourth-order valence-electron chi connectivity index (χ4n) is 2.90. The molecule has 0 saturated heterocycles. The van der Waals surface area contributed by atoms with Gasteiger partial charge < -0.3 is 15.0 Å². The summed E-state index contributed by atoms with van der Waals surface area (Å²) in [5, 5.41) is 13.4. The van der Waals surface area contributed by atoms with E-state index in [0.29, 0.717) is 5.30 Å². The number of hydrogen-bond acceptors (Lipinski definition) is 3. The van der Waals surface area contributed by atoms with E-state index in [2.05, 4.69) is 5.32 Å². The van der Waals surface area contributed by atoms with Crippen LogP contribution in [0.1, 0.15) is 39.4 Å². The summed E-state index contributed by atoms with van der Waals surface area (Å²) < 4.78 is 13.7. The van der Waals surface area contributed by atoms with Crippen LogP contribution in [0.2, 0.25) is 0 Å². The first-order valence-electron chi connectivity index (χ1n) is 8.82. The number of aliphatic hydroxyl groups excluding tert-OH is 1. The lowest BCUT2D eigenvalue weighted by Gasteiger charge is -2.32. The Kier molecular flexibility index (Phi) is 6.44. The molecule has 0 aliphatic carbocycles. The van der Waals surface area contributed by atoms with Crippen molar-refractivity contribution in [3.63, 3.8) is 0 Å². The van der Waals surface area contributed by atoms with Crippen LogP contribution in [0.5, 0.6) is 0 Å². The van der Waals surface area contributed by atoms with E-state index >= 15 is 0 Å². The quantitative estimate of drug-likeness (QED) is 0.759. The molecule has 1 unspecified atom stereocenters. The summed E-state index contributed by atoms with van der Waals surface area (Å²) in [6.07, 6.45) is -0.891. The average molecular weight is 373 g/mol. The second kappa shape index (κ2) is 8.20. The minimum Gasteiger partial charge on any atom is -0.386 e. The Morgan fingerprint density at radius 2 is 1.54 bits per heavy atom. The van der Waals surface area contributed by atoms with E-state index < -0.39 is 24.4 Å². The number of nitrogens with one attached hydrogen (secondary N) is 1. The lowest BCUT2D eigenvalue weighted by Crippen LogP contribution is -2.40. The van der Waals surface area contributed by atoms with Gasteiger partial charge in [0.1, 0.15) is 7.14 Å². The Hall–Kier alpha value is -1.90. The highest BCUT2D eigenvalue weighted by molar-refractivity contribution is 7.73. The van der Waals surface area contributed by atoms with Crippen LogP contribution in [0.3, 0.4) is 0 Å². The molecule has 1 amide bonds. The molecule has 0 radical (unpaired) electrons. The van der Waals surface area contributed by atoms with Gasteiger partial charge >= 0.3 is 0 Å². The third-order valence-corrected chi connectivity index (χ3v) is 8.66. The Morgan fingerprint density at radius 3 is 2.04 bits per heavy atom. The number of carbonyl (C=O) groups is 1. The summed E-state index contributed by atoms with van der Waals surface area (Å²) in [7, 11) is -2.96. The summed E-state index contributed by atoms with van der Waals surface area (Å²) in [5.74, 6) is -0.311. The van der Waals surface area contributed by atoms with Gasteiger partial charge in [0.25, 0.3) is 0 Å². The first kappa shape index (κ1) is 20.4. The minimum absolute atomic E-state index is 0.0770. The van der Waals surface area contributed by atoms with Gasteiger partial charge in [-0.15, -0.1) is 0 Å². The molecule has 5 heteroatoms. The third-order valence-electron chi connectivity index (χ3n) is 4.63. The number of carbonyl (C=O) groups excluding carboxylic acids is 1. The van der Waals surface area contributed by atoms with Gasteiger partial charge in [-0.05, 0) is 12.5 Å². The SMILES string of the molecule is C[C@@H](NC(=O)CP(=O)(c1ccccc1)C(C)(C)C)[C@@H](O)c1ccccc1. The first-order chi connectivity index (χ1) is 12.1. The maximum absolute atomic E-state index is 13.7. The van der Waals surface area contributed by atoms with Crippen molar-refractivity contribution in [2.24, 2.45) is 0 Å². The largest absolute Gasteiger partial charge is 0.386 e. The van der Waals surface area contributed by atoms with Gasteiger partial charge in [-0.1, -0.05) is 81.4 Å². The van der Waals surface area contributed by atoms with Crippen molar-refractivity contribution >= 4 is 18.4 Å². The summed E-state index contributed by atoms with van der Waals surface area (Å²) >= 11 is 0. The molecule has 26 heavy (non-hydrogen) atoms. The molecular formula is C21H28NO3P. The fourth-order valence-corrected chi connectivity index (χ4v) is 5.49. The van der Waals surface area contributed by atoms with Crippen LogP contribution >= 0.6 is 7.14 Å². The normalized spacial score (nSPS) is 16.3. The molecule has 0 saturated carbocycles. The lowest BCUT2D eigenvalue weighted by atomic mass is 10.0. The van der Waals surface area contributed by atoms with Gasteiger partial charge in [0.05, 0.1) is 18.3 Å². The monoisotopic (exact) mass is 373 g/mol. The molecule has 140 valence electrons. The highest BCUT2D eigenvalue weighted by atomic mass is 31.2. The molecule has 2 aromatic carbocycles. The molecule has 0 fully saturated rings. The lowest BCUT2D eigenvalue weighted by molar-refractivity contribution is -0.120. The molecule has 0 spiro atoms. The third kappa shape index (κ3) is 4.63. The van der Waals surface area contributed by atoms with Crippen molar-refractivity contribution in [3.05, 3.63) is 66.2 Å². The van der Waals surface area contributed by atoms with Crippen molar-refractivity contribution < 1.29 is 14.5 Å². The van der Waals surface area contributed by atoms with Crippen molar-refractivity contribution in [1.82, 2.24) is 5.32 Å². The van der Waals surface area contributed by atoms with Gasteiger partial charge in [0, 0.05) is 10.5 Å². The second-order valence-corrected chi connectivity index (χ2v) is 11.3. The predicted octanol–water partition coefficient (Wildman–Crippen LogP) is 3.71. The molecule has 0 aliphatic rings. The fraction of sp³-hybridized carbons (Fsp3) is 0.381. The maximum Gasteiger partial charge on any atom is 0.228 e. The number of aliphatic hydroxyl groups is 1. The number of benzene rings is 2. The molecule has 2 rings (SSSR count). The maximum atomic E-state index is 13.7. The van der Waals surface area contributed by atoms with Crippen LogP contribution < -0.4 is 10.6 Å². The van der Waals surface area contributed by atoms with E-state index in [9.17, 15) is 14.5 Å². The summed E-state index contributed by atoms with van der Waals surface area (Å²) in [5.41, 5.74) is 0.738. The van der Waals surface area contributed by atoms with E-state index in [1.54, 1.807) is 6.92 Å². The van der Waals surface area contributed by atoms with Crippen LogP contribution in [0.4, 0.5) is 0 Å². The molecule has 0 aliphatic heterocycles. The standard InChI is InChI=1S/C21H28NO3P/c1-16(20(24)17-11-7-5-8-12-17)22-19(23)15-26(25,21(2,3)4)18-13-9-6-10-14-18/h5-14,16,20,24H,15H2,1-4H3,(H,22,23)/t16-,20-,26?/m1/s1. The minimum atomic E-state index is -2.96. The predicted molar refractivity (Wildman–Crippen MR) is 107 cm³/mol. The molecular weight excluding hydrogens is 345 g/mol. The van der Waals surface area contributed by atoms with Crippen molar-refractivity contribution in [2.45, 2.75) is 45.0 Å². The molecule has 2 aromatic rings. The summed E-state index contributed by atoms with van der Waals surface area (Å²) in [6, 6.07) is 17.9. The Labute approximate surface area is 156 Å². The molecule has 3 atom stereocenters. The van der Waals surface area contributed by atoms with Crippen LogP contribution in [-0.2, 0) is 9.36 Å². The number of rotatable bonds is 6. The van der Waals surface area contributed by atoms with Crippen LogP contribution in [0, 0.1) is 0 Å². The zero-order chi connectivity index (χ0) is 19.4. The topological polar surface area (TPSA) is 66.4 Å². The molecule has 0 bridgehead atoms. The Bertz CT molecular complexity index is 769. The second-order valence-electron chi connectivity index (χ2n) is 7.62. The summed E-state index contributed by atoms with van der Waals surface area (Å²) in [4.78, 5) is 12.6. The molecule has 2 N–H and O–H groups in total. The van der Waals surface area contributed by atoms with Crippen molar-refractivity contribution in [2.75, 3.05) is 6.16 Å². The van der Waals surface area contributed by atoms with Crippen LogP contribution in [0.15, 0.2) is 60.7 Å². The zero-order valence-corrected chi connectivity index (χ0v) is 16.7. The summed E-state index contributed by atoms with van der Waals surface area (Å²) in [6.45, 7) is 7.45. The molecule has 4 nitrogen and oxygen atoms in total. The van der Waals surface area contributed by atoms with E-state index in [1.807, 2.05) is 81.4 Å². The molecule has 0 aromatic heterocycles. The van der Waals surface area contributed by atoms with E-state index in [1.165, 1.54) is 0 Å². The molecule has 0 heterocycles. The van der Waals surface area contributed by atoms with Gasteiger partial charge in [0.2, 0.25) is 5.91 Å². The number of amides is 1.